The number of pyridine rings is 1. The summed E-state index contributed by atoms with van der Waals surface area (Å²) in [6, 6.07) is 9.62. The Bertz CT molecular complexity index is 1410. The molecule has 0 saturated carbocycles. The Morgan fingerprint density at radius 3 is 2.21 bits per heavy atom. The number of piperazine rings is 1. The number of aromatic nitrogens is 1. The average Bonchev–Trinajstić information content (AvgIpc) is 2.96. The first-order valence-electron chi connectivity index (χ1n) is 13.8. The lowest BCUT2D eigenvalue weighted by Gasteiger charge is -2.42. The van der Waals surface area contributed by atoms with Crippen LogP contribution in [0.25, 0.3) is 0 Å². The molecule has 0 spiro atoms. The van der Waals surface area contributed by atoms with Gasteiger partial charge >= 0.3 is 12.4 Å². The highest BCUT2D eigenvalue weighted by molar-refractivity contribution is 5.95. The van der Waals surface area contributed by atoms with Gasteiger partial charge in [-0.2, -0.15) is 26.3 Å². The molecular weight excluding hydrogens is 574 g/mol. The molecule has 2 amide bonds. The van der Waals surface area contributed by atoms with Crippen molar-refractivity contribution >= 4 is 11.8 Å². The molecule has 2 aromatic carbocycles. The number of rotatable bonds is 8. The number of hydrogen-bond acceptors (Lipinski definition) is 4. The van der Waals surface area contributed by atoms with Gasteiger partial charge in [-0.15, -0.1) is 0 Å². The van der Waals surface area contributed by atoms with E-state index in [-0.39, 0.29) is 18.5 Å². The second kappa shape index (κ2) is 13.2. The van der Waals surface area contributed by atoms with Crippen molar-refractivity contribution < 1.29 is 35.9 Å². The van der Waals surface area contributed by atoms with Gasteiger partial charge in [0, 0.05) is 50.2 Å². The number of nitrogens with zero attached hydrogens (tertiary/aromatic N) is 3. The zero-order valence-electron chi connectivity index (χ0n) is 23.7. The fourth-order valence-electron chi connectivity index (χ4n) is 5.12. The van der Waals surface area contributed by atoms with Gasteiger partial charge in [-0.25, -0.2) is 0 Å². The molecule has 4 rings (SSSR count). The lowest BCUT2D eigenvalue weighted by atomic mass is 9.97. The van der Waals surface area contributed by atoms with Gasteiger partial charge in [0.05, 0.1) is 16.7 Å². The molecule has 1 aliphatic rings. The Kier molecular flexibility index (Phi) is 9.79. The highest BCUT2D eigenvalue weighted by atomic mass is 19.4. The zero-order valence-corrected chi connectivity index (χ0v) is 23.7. The van der Waals surface area contributed by atoms with Crippen molar-refractivity contribution in [1.82, 2.24) is 20.1 Å². The van der Waals surface area contributed by atoms with Crippen molar-refractivity contribution in [2.75, 3.05) is 32.7 Å². The van der Waals surface area contributed by atoms with Gasteiger partial charge in [0.15, 0.2) is 0 Å². The van der Waals surface area contributed by atoms with E-state index in [1.54, 1.807) is 18.3 Å². The van der Waals surface area contributed by atoms with E-state index in [9.17, 15) is 35.9 Å². The van der Waals surface area contributed by atoms with E-state index in [1.807, 2.05) is 32.0 Å². The molecule has 1 fully saturated rings. The van der Waals surface area contributed by atoms with Crippen LogP contribution in [0.15, 0.2) is 60.9 Å². The number of carbonyl (C=O) groups excluding carboxylic acids is 2. The summed E-state index contributed by atoms with van der Waals surface area (Å²) in [5.74, 6) is -1.13. The summed E-state index contributed by atoms with van der Waals surface area (Å²) >= 11 is 0. The monoisotopic (exact) mass is 606 g/mol. The maximum absolute atomic E-state index is 13.6. The van der Waals surface area contributed by atoms with Gasteiger partial charge in [-0.3, -0.25) is 19.5 Å². The number of carbonyl (C=O) groups is 2. The fraction of sp³-hybridized carbons (Fsp3) is 0.387. The molecule has 230 valence electrons. The van der Waals surface area contributed by atoms with E-state index >= 15 is 0 Å². The van der Waals surface area contributed by atoms with Gasteiger partial charge < -0.3 is 10.2 Å². The summed E-state index contributed by atoms with van der Waals surface area (Å²) < 4.78 is 81.0. The first-order valence-corrected chi connectivity index (χ1v) is 13.8. The molecule has 2 heterocycles. The second-order valence-corrected chi connectivity index (χ2v) is 10.7. The van der Waals surface area contributed by atoms with Gasteiger partial charge in [0.1, 0.15) is 0 Å². The molecule has 1 unspecified atom stereocenters. The zero-order chi connectivity index (χ0) is 31.4. The fourth-order valence-corrected chi connectivity index (χ4v) is 5.12. The topological polar surface area (TPSA) is 65.5 Å². The summed E-state index contributed by atoms with van der Waals surface area (Å²) in [4.78, 5) is 33.2. The van der Waals surface area contributed by atoms with E-state index < -0.39 is 41.0 Å². The third-order valence-corrected chi connectivity index (χ3v) is 7.57. The Labute approximate surface area is 245 Å². The number of halogens is 6. The van der Waals surface area contributed by atoms with Crippen molar-refractivity contribution in [2.24, 2.45) is 0 Å². The predicted octanol–water partition coefficient (Wildman–Crippen LogP) is 5.93. The number of aryl methyl sites for hydroxylation is 2. The molecule has 0 aliphatic carbocycles. The maximum atomic E-state index is 13.6. The molecule has 1 N–H and O–H groups in total. The van der Waals surface area contributed by atoms with Crippen LogP contribution in [0.4, 0.5) is 26.3 Å². The number of benzene rings is 2. The molecular formula is C31H32F6N4O2. The van der Waals surface area contributed by atoms with Crippen LogP contribution in [0.2, 0.25) is 0 Å². The van der Waals surface area contributed by atoms with Crippen molar-refractivity contribution in [3.05, 3.63) is 99.9 Å². The average molecular weight is 607 g/mol. The highest BCUT2D eigenvalue weighted by Gasteiger charge is 2.39. The lowest BCUT2D eigenvalue weighted by Crippen LogP contribution is -2.56. The van der Waals surface area contributed by atoms with E-state index in [4.69, 9.17) is 0 Å². The summed E-state index contributed by atoms with van der Waals surface area (Å²) in [5, 5.41) is 2.83. The molecule has 1 atom stereocenters. The Morgan fingerprint density at radius 2 is 1.60 bits per heavy atom. The molecule has 0 radical (unpaired) electrons. The maximum Gasteiger partial charge on any atom is 0.416 e. The molecule has 12 heteroatoms. The van der Waals surface area contributed by atoms with Crippen LogP contribution >= 0.6 is 0 Å². The molecule has 3 aromatic rings. The first kappa shape index (κ1) is 32.0. The van der Waals surface area contributed by atoms with E-state index in [0.717, 1.165) is 16.7 Å². The summed E-state index contributed by atoms with van der Waals surface area (Å²) in [6.07, 6.45) is -6.12. The minimum absolute atomic E-state index is 0.0222. The Morgan fingerprint density at radius 1 is 0.907 bits per heavy atom. The third-order valence-electron chi connectivity index (χ3n) is 7.57. The highest BCUT2D eigenvalue weighted by Crippen LogP contribution is 2.37. The van der Waals surface area contributed by atoms with E-state index in [0.29, 0.717) is 56.7 Å². The second-order valence-electron chi connectivity index (χ2n) is 10.7. The van der Waals surface area contributed by atoms with Crippen molar-refractivity contribution in [3.63, 3.8) is 0 Å². The molecule has 6 nitrogen and oxygen atoms in total. The minimum Gasteiger partial charge on any atom is -0.352 e. The first-order chi connectivity index (χ1) is 20.2. The van der Waals surface area contributed by atoms with Crippen LogP contribution in [0.1, 0.15) is 55.0 Å². The number of hydrogen-bond donors (Lipinski definition) is 1. The number of nitrogens with one attached hydrogen (secondary N) is 1. The Hall–Kier alpha value is -3.93. The van der Waals surface area contributed by atoms with Crippen molar-refractivity contribution in [3.8, 4) is 0 Å². The van der Waals surface area contributed by atoms with Crippen molar-refractivity contribution in [2.45, 2.75) is 45.1 Å². The van der Waals surface area contributed by atoms with Crippen LogP contribution in [0, 0.1) is 13.8 Å². The third kappa shape index (κ3) is 8.34. The quantitative estimate of drug-likeness (QED) is 0.255. The summed E-state index contributed by atoms with van der Waals surface area (Å²) in [6.45, 7) is 5.71. The Balaban J connectivity index is 1.52. The molecule has 1 saturated heterocycles. The lowest BCUT2D eigenvalue weighted by molar-refractivity contribution is -0.143. The molecule has 1 aliphatic heterocycles. The van der Waals surface area contributed by atoms with Gasteiger partial charge in [0.2, 0.25) is 0 Å². The molecule has 0 bridgehead atoms. The minimum atomic E-state index is -5.06. The van der Waals surface area contributed by atoms with Crippen LogP contribution in [0.5, 0.6) is 0 Å². The largest absolute Gasteiger partial charge is 0.416 e. The molecule has 43 heavy (non-hydrogen) atoms. The van der Waals surface area contributed by atoms with Crippen LogP contribution in [-0.4, -0.2) is 65.4 Å². The normalized spacial score (nSPS) is 16.3. The number of alkyl halides is 6. The van der Waals surface area contributed by atoms with Crippen LogP contribution < -0.4 is 5.32 Å². The SMILES string of the molecule is Cc1ccc(CC2CN(CCCNC(=O)c3cccnc3)CCN2C(=O)c2cc(C(F)(F)F)cc(C(F)(F)F)c2)cc1C. The van der Waals surface area contributed by atoms with E-state index in [2.05, 4.69) is 15.2 Å². The van der Waals surface area contributed by atoms with Crippen LogP contribution in [0.3, 0.4) is 0 Å². The summed E-state index contributed by atoms with van der Waals surface area (Å²) in [5.41, 5.74) is -0.271. The predicted molar refractivity (Wildman–Crippen MR) is 149 cm³/mol. The standard InChI is InChI=1S/C31H32F6N4O2/c1-20-6-7-22(13-21(20)2)14-27-19-40(10-4-9-39-28(42)23-5-3-8-38-18-23)11-12-41(27)29(43)24-15-25(30(32,33)34)17-26(16-24)31(35,36)37/h3,5-8,13,15-18,27H,4,9-12,14,19H2,1-2H3,(H,39,42). The summed E-state index contributed by atoms with van der Waals surface area (Å²) in [7, 11) is 0. The smallest absolute Gasteiger partial charge is 0.352 e. The van der Waals surface area contributed by atoms with Gasteiger partial charge in [-0.05, 0) is 80.3 Å². The van der Waals surface area contributed by atoms with Gasteiger partial charge in [-0.1, -0.05) is 18.2 Å². The van der Waals surface area contributed by atoms with Gasteiger partial charge in [0.25, 0.3) is 11.8 Å². The van der Waals surface area contributed by atoms with E-state index in [1.165, 1.54) is 11.1 Å². The number of amides is 2. The molecule has 1 aromatic heterocycles. The van der Waals surface area contributed by atoms with Crippen molar-refractivity contribution in [1.29, 1.82) is 0 Å². The van der Waals surface area contributed by atoms with Crippen LogP contribution in [-0.2, 0) is 18.8 Å².